The zero-order chi connectivity index (χ0) is 15.2. The summed E-state index contributed by atoms with van der Waals surface area (Å²) in [5.74, 6) is -0.622. The number of nitrogens with one attached hydrogen (secondary N) is 2. The average Bonchev–Trinajstić information content (AvgIpc) is 2.45. The molecule has 1 aromatic rings. The number of thiocarbonyl (C=S) groups is 1. The Hall–Kier alpha value is -1.53. The van der Waals surface area contributed by atoms with E-state index >= 15 is 0 Å². The van der Waals surface area contributed by atoms with Crippen LogP contribution in [-0.2, 0) is 0 Å². The first kappa shape index (κ1) is 15.9. The van der Waals surface area contributed by atoms with E-state index in [9.17, 15) is 10.2 Å². The number of rotatable bonds is 3. The number of aromatic hydroxyl groups is 2. The van der Waals surface area contributed by atoms with E-state index < -0.39 is 0 Å². The first-order chi connectivity index (χ1) is 10.1. The van der Waals surface area contributed by atoms with Gasteiger partial charge in [-0.15, -0.1) is 0 Å². The van der Waals surface area contributed by atoms with Crippen molar-refractivity contribution in [3.05, 3.63) is 22.7 Å². The van der Waals surface area contributed by atoms with Crippen LogP contribution in [0.1, 0.15) is 37.7 Å². The third-order valence-electron chi connectivity index (χ3n) is 3.39. The highest BCUT2D eigenvalue weighted by atomic mass is 35.5. The normalized spacial score (nSPS) is 16.0. The molecule has 4 N–H and O–H groups in total. The number of phenols is 2. The van der Waals surface area contributed by atoms with Crippen LogP contribution in [0.3, 0.4) is 0 Å². The maximum Gasteiger partial charge on any atom is 0.187 e. The fourth-order valence-electron chi connectivity index (χ4n) is 2.31. The van der Waals surface area contributed by atoms with Gasteiger partial charge in [-0.3, -0.25) is 5.43 Å². The van der Waals surface area contributed by atoms with Gasteiger partial charge in [-0.05, 0) is 42.8 Å². The molecule has 0 aliphatic heterocycles. The van der Waals surface area contributed by atoms with Crippen LogP contribution in [0.15, 0.2) is 17.2 Å². The molecule has 0 radical (unpaired) electrons. The van der Waals surface area contributed by atoms with Crippen LogP contribution in [0.4, 0.5) is 0 Å². The minimum atomic E-state index is -0.337. The molecule has 0 bridgehead atoms. The van der Waals surface area contributed by atoms with Crippen molar-refractivity contribution < 1.29 is 10.2 Å². The summed E-state index contributed by atoms with van der Waals surface area (Å²) in [6.45, 7) is 0. The Labute approximate surface area is 134 Å². The molecule has 1 fully saturated rings. The molecule has 1 aliphatic rings. The second kappa shape index (κ2) is 7.47. The van der Waals surface area contributed by atoms with Crippen LogP contribution in [-0.4, -0.2) is 27.6 Å². The number of halogens is 1. The van der Waals surface area contributed by atoms with E-state index in [-0.39, 0.29) is 16.5 Å². The third-order valence-corrected chi connectivity index (χ3v) is 3.88. The summed E-state index contributed by atoms with van der Waals surface area (Å²) in [7, 11) is 0. The van der Waals surface area contributed by atoms with E-state index in [1.54, 1.807) is 0 Å². The molecule has 0 saturated heterocycles. The highest BCUT2D eigenvalue weighted by Crippen LogP contribution is 2.33. The lowest BCUT2D eigenvalue weighted by Crippen LogP contribution is -2.40. The van der Waals surface area contributed by atoms with E-state index in [1.165, 1.54) is 37.6 Å². The van der Waals surface area contributed by atoms with Gasteiger partial charge in [0.25, 0.3) is 0 Å². The number of nitrogens with zero attached hydrogens (tertiary/aromatic N) is 1. The molecular formula is C14H18ClN3O2S. The van der Waals surface area contributed by atoms with E-state index in [2.05, 4.69) is 15.8 Å². The molecule has 0 atom stereocenters. The molecule has 1 saturated carbocycles. The Morgan fingerprint density at radius 3 is 2.67 bits per heavy atom. The van der Waals surface area contributed by atoms with Gasteiger partial charge in [0.05, 0.1) is 11.2 Å². The van der Waals surface area contributed by atoms with Gasteiger partial charge < -0.3 is 15.5 Å². The minimum absolute atomic E-state index is 0.0688. The highest BCUT2D eigenvalue weighted by Gasteiger charge is 2.13. The molecule has 0 unspecified atom stereocenters. The van der Waals surface area contributed by atoms with Crippen LogP contribution < -0.4 is 10.7 Å². The molecule has 2 rings (SSSR count). The maximum absolute atomic E-state index is 9.45. The van der Waals surface area contributed by atoms with Crippen molar-refractivity contribution in [1.29, 1.82) is 0 Å². The standard InChI is InChI=1S/C14H18ClN3O2S/c15-11-6-9(7-12(19)13(11)20)8-16-18-14(21)17-10-4-2-1-3-5-10/h6-8,10,19-20H,1-5H2,(H2,17,18,21)/b16-8+. The largest absolute Gasteiger partial charge is 0.504 e. The predicted molar refractivity (Wildman–Crippen MR) is 88.1 cm³/mol. The summed E-state index contributed by atoms with van der Waals surface area (Å²) in [5.41, 5.74) is 3.29. The molecule has 7 heteroatoms. The molecule has 5 nitrogen and oxygen atoms in total. The number of hydrogen-bond acceptors (Lipinski definition) is 4. The van der Waals surface area contributed by atoms with Crippen molar-refractivity contribution in [2.24, 2.45) is 5.10 Å². The van der Waals surface area contributed by atoms with Crippen LogP contribution in [0, 0.1) is 0 Å². The summed E-state index contributed by atoms with van der Waals surface area (Å²) < 4.78 is 0. The smallest absolute Gasteiger partial charge is 0.187 e. The monoisotopic (exact) mass is 327 g/mol. The van der Waals surface area contributed by atoms with Crippen LogP contribution in [0.25, 0.3) is 0 Å². The van der Waals surface area contributed by atoms with Crippen molar-refractivity contribution in [2.75, 3.05) is 0 Å². The maximum atomic E-state index is 9.45. The Balaban J connectivity index is 1.85. The van der Waals surface area contributed by atoms with Gasteiger partial charge in [0, 0.05) is 6.04 Å². The van der Waals surface area contributed by atoms with E-state index in [0.29, 0.717) is 16.7 Å². The molecule has 1 aromatic carbocycles. The Kier molecular flexibility index (Phi) is 5.64. The van der Waals surface area contributed by atoms with Crippen molar-refractivity contribution >= 4 is 35.1 Å². The Morgan fingerprint density at radius 1 is 1.29 bits per heavy atom. The summed E-state index contributed by atoms with van der Waals surface area (Å²) >= 11 is 10.9. The zero-order valence-corrected chi connectivity index (χ0v) is 13.0. The van der Waals surface area contributed by atoms with Crippen LogP contribution in [0.2, 0.25) is 5.02 Å². The van der Waals surface area contributed by atoms with Crippen LogP contribution in [0.5, 0.6) is 11.5 Å². The first-order valence-corrected chi connectivity index (χ1v) is 7.66. The van der Waals surface area contributed by atoms with E-state index in [4.69, 9.17) is 23.8 Å². The van der Waals surface area contributed by atoms with Gasteiger partial charge in [-0.25, -0.2) is 0 Å². The Bertz CT molecular complexity index is 522. The fourth-order valence-corrected chi connectivity index (χ4v) is 2.75. The quantitative estimate of drug-likeness (QED) is 0.297. The topological polar surface area (TPSA) is 76.9 Å². The summed E-state index contributed by atoms with van der Waals surface area (Å²) in [6, 6.07) is 3.28. The molecule has 1 aliphatic carbocycles. The lowest BCUT2D eigenvalue weighted by Gasteiger charge is -2.23. The number of hydrogen-bond donors (Lipinski definition) is 4. The lowest BCUT2D eigenvalue weighted by atomic mass is 9.96. The van der Waals surface area contributed by atoms with E-state index in [0.717, 1.165) is 12.8 Å². The third kappa shape index (κ3) is 4.75. The summed E-state index contributed by atoms with van der Waals surface area (Å²) in [4.78, 5) is 0. The molecule has 0 amide bonds. The molecule has 21 heavy (non-hydrogen) atoms. The van der Waals surface area contributed by atoms with Gasteiger partial charge in [0.15, 0.2) is 16.6 Å². The van der Waals surface area contributed by atoms with Crippen molar-refractivity contribution in [1.82, 2.24) is 10.7 Å². The van der Waals surface area contributed by atoms with Crippen molar-refractivity contribution in [3.8, 4) is 11.5 Å². The van der Waals surface area contributed by atoms with Gasteiger partial charge in [-0.1, -0.05) is 30.9 Å². The number of hydrazone groups is 1. The van der Waals surface area contributed by atoms with Gasteiger partial charge in [-0.2, -0.15) is 5.10 Å². The minimum Gasteiger partial charge on any atom is -0.504 e. The molecule has 0 spiro atoms. The SMILES string of the molecule is Oc1cc(/C=N/NC(=S)NC2CCCCC2)cc(Cl)c1O. The number of phenolic OH excluding ortho intramolecular Hbond substituents is 2. The first-order valence-electron chi connectivity index (χ1n) is 6.87. The van der Waals surface area contributed by atoms with Gasteiger partial charge in [0.2, 0.25) is 0 Å². The van der Waals surface area contributed by atoms with Crippen molar-refractivity contribution in [3.63, 3.8) is 0 Å². The van der Waals surface area contributed by atoms with Crippen LogP contribution >= 0.6 is 23.8 Å². The zero-order valence-electron chi connectivity index (χ0n) is 11.5. The van der Waals surface area contributed by atoms with E-state index in [1.807, 2.05) is 0 Å². The second-order valence-corrected chi connectivity index (χ2v) is 5.86. The number of benzene rings is 1. The second-order valence-electron chi connectivity index (χ2n) is 5.05. The fraction of sp³-hybridized carbons (Fsp3) is 0.429. The summed E-state index contributed by atoms with van der Waals surface area (Å²) in [6.07, 6.45) is 7.49. The van der Waals surface area contributed by atoms with Gasteiger partial charge in [0.1, 0.15) is 0 Å². The lowest BCUT2D eigenvalue weighted by molar-refractivity contribution is 0.404. The molecular weight excluding hydrogens is 310 g/mol. The van der Waals surface area contributed by atoms with Crippen molar-refractivity contribution in [2.45, 2.75) is 38.1 Å². The van der Waals surface area contributed by atoms with Gasteiger partial charge >= 0.3 is 0 Å². The molecule has 0 heterocycles. The highest BCUT2D eigenvalue weighted by molar-refractivity contribution is 7.80. The average molecular weight is 328 g/mol. The summed E-state index contributed by atoms with van der Waals surface area (Å²) in [5, 5.41) is 26.6. The predicted octanol–water partition coefficient (Wildman–Crippen LogP) is 2.88. The molecule has 0 aromatic heterocycles. The Morgan fingerprint density at radius 2 is 2.00 bits per heavy atom. The molecule has 114 valence electrons.